The summed E-state index contributed by atoms with van der Waals surface area (Å²) in [6, 6.07) is 0. The van der Waals surface area contributed by atoms with E-state index in [0.717, 1.165) is 11.8 Å². The molecule has 0 amide bonds. The van der Waals surface area contributed by atoms with E-state index >= 15 is 0 Å². The average Bonchev–Trinajstić information content (AvgIpc) is 3.22. The van der Waals surface area contributed by atoms with Crippen LogP contribution in [-0.2, 0) is 28.7 Å². The number of aliphatic carboxylic acids is 2. The van der Waals surface area contributed by atoms with Gasteiger partial charge in [-0.1, -0.05) is 138 Å². The lowest BCUT2D eigenvalue weighted by Gasteiger charge is -2.27. The van der Waals surface area contributed by atoms with Crippen LogP contribution in [0.5, 0.6) is 0 Å². The third-order valence-electron chi connectivity index (χ3n) is 9.18. The number of carbonyl (C=O) groups excluding carboxylic acids is 3. The Morgan fingerprint density at radius 1 is 0.560 bits per heavy atom. The summed E-state index contributed by atoms with van der Waals surface area (Å²) in [4.78, 5) is 56.3. The molecular formula is C42H80O8. The zero-order valence-electron chi connectivity index (χ0n) is 34.5. The van der Waals surface area contributed by atoms with E-state index < -0.39 is 23.8 Å². The van der Waals surface area contributed by atoms with Crippen molar-refractivity contribution in [2.45, 2.75) is 145 Å². The third-order valence-corrected chi connectivity index (χ3v) is 9.18. The highest BCUT2D eigenvalue weighted by atomic mass is 16.5. The Morgan fingerprint density at radius 3 is 0.940 bits per heavy atom. The molecular weight excluding hydrogens is 632 g/mol. The van der Waals surface area contributed by atoms with E-state index in [1.54, 1.807) is 0 Å². The van der Waals surface area contributed by atoms with Crippen LogP contribution in [-0.4, -0.2) is 39.7 Å². The predicted molar refractivity (Wildman–Crippen MR) is 207 cm³/mol. The number of hydrogen-bond acceptors (Lipinski definition) is 6. The van der Waals surface area contributed by atoms with Crippen molar-refractivity contribution in [3.8, 4) is 0 Å². The summed E-state index contributed by atoms with van der Waals surface area (Å²) in [7, 11) is 0. The maximum absolute atomic E-state index is 11.5. The number of esters is 1. The second-order valence-corrected chi connectivity index (χ2v) is 16.8. The van der Waals surface area contributed by atoms with Crippen molar-refractivity contribution in [2.24, 2.45) is 82.9 Å². The molecule has 0 aromatic rings. The maximum atomic E-state index is 11.5. The fourth-order valence-electron chi connectivity index (χ4n) is 6.73. The first-order chi connectivity index (χ1) is 22.1. The van der Waals surface area contributed by atoms with E-state index in [0.29, 0.717) is 17.6 Å². The van der Waals surface area contributed by atoms with Crippen LogP contribution in [0.3, 0.4) is 0 Å². The molecule has 8 heteroatoms. The van der Waals surface area contributed by atoms with Gasteiger partial charge >= 0.3 is 17.9 Å². The molecule has 0 radical (unpaired) electrons. The second kappa shape index (κ2) is 26.3. The maximum Gasteiger partial charge on any atom is 0.315 e. The fraction of sp³-hybridized carbons (Fsp3) is 0.833. The summed E-state index contributed by atoms with van der Waals surface area (Å²) in [6.45, 7) is 39.1. The van der Waals surface area contributed by atoms with Gasteiger partial charge in [-0.2, -0.15) is 0 Å². The number of carboxylic acids is 2. The minimum absolute atomic E-state index is 0. The summed E-state index contributed by atoms with van der Waals surface area (Å²) in [5.41, 5.74) is 0. The Hall–Kier alpha value is -2.51. The molecule has 50 heavy (non-hydrogen) atoms. The SMILES string of the molecule is C.C=C1OC(=O)C(C(C)C)C1C(C)C.CC(=O)C(C(C)C)C(C(=O)O)C(C)C.CC(=O)C(C(C)C)C(C(=O)O)C(C)C.CC(C)CCC(C)C. The van der Waals surface area contributed by atoms with Gasteiger partial charge in [0, 0.05) is 17.8 Å². The van der Waals surface area contributed by atoms with Crippen LogP contribution >= 0.6 is 0 Å². The first-order valence-electron chi connectivity index (χ1n) is 18.5. The van der Waals surface area contributed by atoms with Gasteiger partial charge < -0.3 is 14.9 Å². The number of carbonyl (C=O) groups is 5. The number of carboxylic acid groups (broad SMARTS) is 2. The third kappa shape index (κ3) is 20.4. The first kappa shape index (κ1) is 54.3. The van der Waals surface area contributed by atoms with Gasteiger partial charge in [0.2, 0.25) is 0 Å². The van der Waals surface area contributed by atoms with Gasteiger partial charge in [-0.3, -0.25) is 24.0 Å². The molecule has 0 bridgehead atoms. The summed E-state index contributed by atoms with van der Waals surface area (Å²) in [6.07, 6.45) is 2.77. The Morgan fingerprint density at radius 2 is 0.820 bits per heavy atom. The quantitative estimate of drug-likeness (QED) is 0.160. The number of cyclic esters (lactones) is 1. The molecule has 8 nitrogen and oxygen atoms in total. The Bertz CT molecular complexity index is 891. The van der Waals surface area contributed by atoms with Crippen LogP contribution in [0, 0.1) is 82.9 Å². The molecule has 1 fully saturated rings. The Kier molecular flexibility index (Phi) is 28.5. The molecule has 0 aromatic carbocycles. The molecule has 1 rings (SSSR count). The van der Waals surface area contributed by atoms with Crippen molar-refractivity contribution in [1.82, 2.24) is 0 Å². The zero-order chi connectivity index (χ0) is 39.7. The van der Waals surface area contributed by atoms with Gasteiger partial charge in [-0.25, -0.2) is 0 Å². The number of hydrogen-bond donors (Lipinski definition) is 2. The van der Waals surface area contributed by atoms with Crippen LogP contribution in [0.4, 0.5) is 0 Å². The van der Waals surface area contributed by atoms with Crippen LogP contribution in [0.15, 0.2) is 12.3 Å². The number of ketones is 2. The zero-order valence-corrected chi connectivity index (χ0v) is 34.5. The van der Waals surface area contributed by atoms with Crippen LogP contribution in [0.2, 0.25) is 0 Å². The molecule has 6 atom stereocenters. The van der Waals surface area contributed by atoms with Crippen LogP contribution in [0.1, 0.15) is 145 Å². The molecule has 1 saturated heterocycles. The van der Waals surface area contributed by atoms with E-state index in [9.17, 15) is 24.0 Å². The molecule has 296 valence electrons. The molecule has 2 N–H and O–H groups in total. The van der Waals surface area contributed by atoms with E-state index in [2.05, 4.69) is 62.0 Å². The highest BCUT2D eigenvalue weighted by Crippen LogP contribution is 2.40. The standard InChI is InChI=1S/2C11H20O3.C11H18O2.C8H18.CH4/c2*1-6(2)9(8(5)12)10(7(3)4)11(13)14;1-6(2)9-8(5)13-11(12)10(9)7(3)4;1-7(2)5-6-8(3)4;/h2*6-7,9-10H,1-5H3,(H,13,14);6-7,9-10H,5H2,1-4H3;7-8H,5-6H2,1-4H3;1H4. The van der Waals surface area contributed by atoms with Crippen LogP contribution < -0.4 is 0 Å². The van der Waals surface area contributed by atoms with Crippen LogP contribution in [0.25, 0.3) is 0 Å². The topological polar surface area (TPSA) is 135 Å². The summed E-state index contributed by atoms with van der Waals surface area (Å²) >= 11 is 0. The molecule has 1 aliphatic heterocycles. The smallest absolute Gasteiger partial charge is 0.315 e. The number of rotatable bonds is 15. The van der Waals surface area contributed by atoms with Crippen molar-refractivity contribution >= 4 is 29.5 Å². The van der Waals surface area contributed by atoms with Gasteiger partial charge in [0.15, 0.2) is 0 Å². The Labute approximate surface area is 308 Å². The van der Waals surface area contributed by atoms with Crippen molar-refractivity contribution in [2.75, 3.05) is 0 Å². The molecule has 6 unspecified atom stereocenters. The van der Waals surface area contributed by atoms with Gasteiger partial charge in [0.25, 0.3) is 0 Å². The minimum atomic E-state index is -0.867. The van der Waals surface area contributed by atoms with Crippen molar-refractivity contribution in [1.29, 1.82) is 0 Å². The van der Waals surface area contributed by atoms with Gasteiger partial charge in [-0.15, -0.1) is 0 Å². The van der Waals surface area contributed by atoms with Crippen molar-refractivity contribution in [3.63, 3.8) is 0 Å². The number of allylic oxidation sites excluding steroid dienone is 1. The normalized spacial score (nSPS) is 18.0. The van der Waals surface area contributed by atoms with Crippen molar-refractivity contribution < 1.29 is 38.9 Å². The van der Waals surface area contributed by atoms with Crippen molar-refractivity contribution in [3.05, 3.63) is 12.3 Å². The molecule has 1 aliphatic rings. The van der Waals surface area contributed by atoms with Gasteiger partial charge in [0.1, 0.15) is 17.3 Å². The van der Waals surface area contributed by atoms with E-state index in [1.807, 2.05) is 55.4 Å². The first-order valence-corrected chi connectivity index (χ1v) is 18.5. The number of ether oxygens (including phenoxy) is 1. The minimum Gasteiger partial charge on any atom is -0.481 e. The molecule has 0 spiro atoms. The number of Topliss-reactive ketones (excluding diaryl/α,β-unsaturated/α-hetero) is 2. The van der Waals surface area contributed by atoms with E-state index in [4.69, 9.17) is 14.9 Å². The highest BCUT2D eigenvalue weighted by Gasteiger charge is 2.43. The summed E-state index contributed by atoms with van der Waals surface area (Å²) in [5.74, 6) is -0.220. The lowest BCUT2D eigenvalue weighted by Crippen LogP contribution is -2.35. The highest BCUT2D eigenvalue weighted by molar-refractivity contribution is 5.85. The largest absolute Gasteiger partial charge is 0.481 e. The van der Waals surface area contributed by atoms with E-state index in [-0.39, 0.29) is 72.3 Å². The Balaban J connectivity index is -0.000000285. The molecule has 1 heterocycles. The monoisotopic (exact) mass is 713 g/mol. The molecule has 0 aromatic heterocycles. The summed E-state index contributed by atoms with van der Waals surface area (Å²) < 4.78 is 5.08. The predicted octanol–water partition coefficient (Wildman–Crippen LogP) is 10.7. The molecule has 0 aliphatic carbocycles. The summed E-state index contributed by atoms with van der Waals surface area (Å²) in [5, 5.41) is 18.1. The molecule has 0 saturated carbocycles. The second-order valence-electron chi connectivity index (χ2n) is 16.8. The lowest BCUT2D eigenvalue weighted by molar-refractivity contribution is -0.150. The average molecular weight is 713 g/mol. The van der Waals surface area contributed by atoms with Gasteiger partial charge in [0.05, 0.1) is 17.8 Å². The van der Waals surface area contributed by atoms with Gasteiger partial charge in [-0.05, 0) is 61.2 Å². The lowest BCUT2D eigenvalue weighted by atomic mass is 9.75. The fourth-order valence-corrected chi connectivity index (χ4v) is 6.73. The van der Waals surface area contributed by atoms with E-state index in [1.165, 1.54) is 26.7 Å².